The number of benzene rings is 2. The molecule has 0 saturated heterocycles. The van der Waals surface area contributed by atoms with E-state index in [1.165, 1.54) is 0 Å². The molecule has 128 valence electrons. The van der Waals surface area contributed by atoms with Crippen LogP contribution in [-0.4, -0.2) is 37.6 Å². The summed E-state index contributed by atoms with van der Waals surface area (Å²) in [6.07, 6.45) is 0. The molecule has 24 heavy (non-hydrogen) atoms. The predicted molar refractivity (Wildman–Crippen MR) is 100 cm³/mol. The Morgan fingerprint density at radius 2 is 1.83 bits per heavy atom. The number of halogens is 1. The van der Waals surface area contributed by atoms with Crippen molar-refractivity contribution in [3.05, 3.63) is 64.6 Å². The topological polar surface area (TPSA) is 41.6 Å². The first-order valence-electron chi connectivity index (χ1n) is 7.96. The van der Waals surface area contributed by atoms with Crippen molar-refractivity contribution in [3.63, 3.8) is 0 Å². The quantitative estimate of drug-likeness (QED) is 0.747. The Labute approximate surface area is 151 Å². The van der Waals surface area contributed by atoms with Crippen molar-refractivity contribution >= 4 is 21.8 Å². The van der Waals surface area contributed by atoms with Gasteiger partial charge in [-0.3, -0.25) is 9.69 Å². The summed E-state index contributed by atoms with van der Waals surface area (Å²) in [6.45, 7) is 3.56. The second-order valence-corrected chi connectivity index (χ2v) is 6.66. The molecule has 0 spiro atoms. The lowest BCUT2D eigenvalue weighted by molar-refractivity contribution is -0.122. The molecule has 1 atom stereocenters. The van der Waals surface area contributed by atoms with E-state index in [1.54, 1.807) is 0 Å². The third-order valence-electron chi connectivity index (χ3n) is 3.65. The number of carbonyl (C=O) groups excluding carboxylic acids is 1. The maximum atomic E-state index is 12.1. The van der Waals surface area contributed by atoms with Crippen LogP contribution in [0.4, 0.5) is 0 Å². The predicted octanol–water partition coefficient (Wildman–Crippen LogP) is 3.64. The highest BCUT2D eigenvalue weighted by molar-refractivity contribution is 9.10. The van der Waals surface area contributed by atoms with Gasteiger partial charge < -0.3 is 10.1 Å². The molecule has 0 bridgehead atoms. The summed E-state index contributed by atoms with van der Waals surface area (Å²) in [7, 11) is 1.91. The summed E-state index contributed by atoms with van der Waals surface area (Å²) in [4.78, 5) is 14.1. The zero-order valence-corrected chi connectivity index (χ0v) is 15.6. The van der Waals surface area contributed by atoms with Crippen LogP contribution in [0.2, 0.25) is 0 Å². The zero-order valence-electron chi connectivity index (χ0n) is 14.0. The number of amides is 1. The summed E-state index contributed by atoms with van der Waals surface area (Å²) < 4.78 is 6.69. The monoisotopic (exact) mass is 390 g/mol. The number of ether oxygens (including phenoxy) is 1. The number of hydrogen-bond donors (Lipinski definition) is 1. The summed E-state index contributed by atoms with van der Waals surface area (Å²) in [5.41, 5.74) is 1.10. The number of nitrogens with zero attached hydrogens (tertiary/aromatic N) is 1. The van der Waals surface area contributed by atoms with Crippen molar-refractivity contribution in [1.29, 1.82) is 0 Å². The normalized spacial score (nSPS) is 12.0. The average molecular weight is 391 g/mol. The molecule has 0 aliphatic carbocycles. The molecule has 0 aromatic heterocycles. The fourth-order valence-corrected chi connectivity index (χ4v) is 2.55. The number of rotatable bonds is 8. The van der Waals surface area contributed by atoms with Gasteiger partial charge in [-0.05, 0) is 43.8 Å². The molecule has 2 aromatic rings. The number of carbonyl (C=O) groups is 1. The molecule has 0 heterocycles. The van der Waals surface area contributed by atoms with Crippen LogP contribution in [0.15, 0.2) is 59.1 Å². The first-order valence-corrected chi connectivity index (χ1v) is 8.75. The van der Waals surface area contributed by atoms with Gasteiger partial charge in [-0.2, -0.15) is 0 Å². The van der Waals surface area contributed by atoms with E-state index < -0.39 is 0 Å². The van der Waals surface area contributed by atoms with Gasteiger partial charge in [0.1, 0.15) is 12.4 Å². The van der Waals surface area contributed by atoms with Gasteiger partial charge in [-0.25, -0.2) is 0 Å². The molecule has 2 rings (SSSR count). The van der Waals surface area contributed by atoms with E-state index in [2.05, 4.69) is 21.2 Å². The van der Waals surface area contributed by atoms with Crippen LogP contribution in [0.5, 0.6) is 5.75 Å². The van der Waals surface area contributed by atoms with Crippen molar-refractivity contribution in [2.24, 2.45) is 0 Å². The van der Waals surface area contributed by atoms with Gasteiger partial charge in [0.2, 0.25) is 5.91 Å². The van der Waals surface area contributed by atoms with Crippen LogP contribution >= 0.6 is 15.9 Å². The van der Waals surface area contributed by atoms with Crippen molar-refractivity contribution in [2.45, 2.75) is 13.0 Å². The van der Waals surface area contributed by atoms with E-state index in [0.717, 1.165) is 15.8 Å². The van der Waals surface area contributed by atoms with E-state index in [4.69, 9.17) is 4.74 Å². The Morgan fingerprint density at radius 1 is 1.17 bits per heavy atom. The van der Waals surface area contributed by atoms with Crippen molar-refractivity contribution in [1.82, 2.24) is 10.2 Å². The molecule has 0 aliphatic rings. The van der Waals surface area contributed by atoms with Gasteiger partial charge in [0.15, 0.2) is 0 Å². The molecule has 2 aromatic carbocycles. The zero-order chi connectivity index (χ0) is 17.4. The van der Waals surface area contributed by atoms with Crippen LogP contribution in [0, 0.1) is 0 Å². The minimum atomic E-state index is 0.00566. The molecule has 4 nitrogen and oxygen atoms in total. The molecule has 5 heteroatoms. The van der Waals surface area contributed by atoms with E-state index >= 15 is 0 Å². The second kappa shape index (κ2) is 9.45. The van der Waals surface area contributed by atoms with E-state index in [1.807, 2.05) is 73.5 Å². The Hall–Kier alpha value is -1.85. The van der Waals surface area contributed by atoms with Gasteiger partial charge in [0, 0.05) is 11.0 Å². The summed E-state index contributed by atoms with van der Waals surface area (Å²) >= 11 is 3.39. The van der Waals surface area contributed by atoms with Gasteiger partial charge in [0.05, 0.1) is 12.6 Å². The van der Waals surface area contributed by atoms with Crippen LogP contribution in [-0.2, 0) is 4.79 Å². The van der Waals surface area contributed by atoms with E-state index in [0.29, 0.717) is 19.7 Å². The minimum Gasteiger partial charge on any atom is -0.492 e. The molecular formula is C19H23BrN2O2. The Balaban J connectivity index is 1.68. The molecule has 0 aliphatic heterocycles. The number of hydrogen-bond acceptors (Lipinski definition) is 3. The lowest BCUT2D eigenvalue weighted by atomic mass is 10.1. The summed E-state index contributed by atoms with van der Waals surface area (Å²) in [5.74, 6) is 0.839. The molecular weight excluding hydrogens is 368 g/mol. The molecule has 0 radical (unpaired) electrons. The fraction of sp³-hybridized carbons (Fsp3) is 0.316. The fourth-order valence-electron chi connectivity index (χ4n) is 2.29. The first kappa shape index (κ1) is 18.5. The van der Waals surface area contributed by atoms with Crippen LogP contribution in [0.1, 0.15) is 18.5 Å². The molecule has 0 unspecified atom stereocenters. The van der Waals surface area contributed by atoms with Crippen LogP contribution in [0.25, 0.3) is 0 Å². The van der Waals surface area contributed by atoms with E-state index in [9.17, 15) is 4.79 Å². The third kappa shape index (κ3) is 6.34. The second-order valence-electron chi connectivity index (χ2n) is 5.74. The lowest BCUT2D eigenvalue weighted by Gasteiger charge is -2.19. The standard InChI is InChI=1S/C19H23BrN2O2/c1-15(16-6-4-3-5-7-16)21-19(23)14-22(2)12-13-24-18-10-8-17(20)9-11-18/h3-11,15H,12-14H2,1-2H3,(H,21,23)/t15-/m1/s1. The Morgan fingerprint density at radius 3 is 2.50 bits per heavy atom. The van der Waals surface area contributed by atoms with Crippen molar-refractivity contribution in [2.75, 3.05) is 26.7 Å². The van der Waals surface area contributed by atoms with Crippen molar-refractivity contribution in [3.8, 4) is 5.75 Å². The Kier molecular flexibility index (Phi) is 7.28. The smallest absolute Gasteiger partial charge is 0.234 e. The minimum absolute atomic E-state index is 0.00566. The lowest BCUT2D eigenvalue weighted by Crippen LogP contribution is -2.38. The average Bonchev–Trinajstić information content (AvgIpc) is 2.57. The molecule has 0 fully saturated rings. The summed E-state index contributed by atoms with van der Waals surface area (Å²) in [5, 5.41) is 3.01. The highest BCUT2D eigenvalue weighted by Gasteiger charge is 2.11. The maximum Gasteiger partial charge on any atom is 0.234 e. The Bertz CT molecular complexity index is 632. The SMILES string of the molecule is C[C@@H](NC(=O)CN(C)CCOc1ccc(Br)cc1)c1ccccc1. The first-order chi connectivity index (χ1) is 11.5. The number of nitrogens with one attached hydrogen (secondary N) is 1. The molecule has 1 N–H and O–H groups in total. The third-order valence-corrected chi connectivity index (χ3v) is 4.17. The maximum absolute atomic E-state index is 12.1. The molecule has 0 saturated carbocycles. The van der Waals surface area contributed by atoms with Gasteiger partial charge in [0.25, 0.3) is 0 Å². The van der Waals surface area contributed by atoms with Crippen molar-refractivity contribution < 1.29 is 9.53 Å². The van der Waals surface area contributed by atoms with E-state index in [-0.39, 0.29) is 11.9 Å². The van der Waals surface area contributed by atoms with Gasteiger partial charge >= 0.3 is 0 Å². The number of likely N-dealkylation sites (N-methyl/N-ethyl adjacent to an activating group) is 1. The van der Waals surface area contributed by atoms with Crippen LogP contribution in [0.3, 0.4) is 0 Å². The highest BCUT2D eigenvalue weighted by Crippen LogP contribution is 2.16. The van der Waals surface area contributed by atoms with Gasteiger partial charge in [-0.1, -0.05) is 46.3 Å². The summed E-state index contributed by atoms with van der Waals surface area (Å²) in [6, 6.07) is 17.7. The molecule has 1 amide bonds. The van der Waals surface area contributed by atoms with Crippen LogP contribution < -0.4 is 10.1 Å². The largest absolute Gasteiger partial charge is 0.492 e. The van der Waals surface area contributed by atoms with Gasteiger partial charge in [-0.15, -0.1) is 0 Å². The highest BCUT2D eigenvalue weighted by atomic mass is 79.9.